The summed E-state index contributed by atoms with van der Waals surface area (Å²) >= 11 is 0. The summed E-state index contributed by atoms with van der Waals surface area (Å²) in [7, 11) is 0. The van der Waals surface area contributed by atoms with Gasteiger partial charge in [0.25, 0.3) is 12.0 Å². The van der Waals surface area contributed by atoms with Crippen LogP contribution < -0.4 is 10.9 Å². The number of aromatic carboxylic acids is 1. The number of alkyl halides is 3. The molecule has 1 amide bonds. The number of pyridine rings is 1. The third-order valence-electron chi connectivity index (χ3n) is 5.47. The summed E-state index contributed by atoms with van der Waals surface area (Å²) in [6, 6.07) is 0.0517. The number of carboxylic acids is 1. The van der Waals surface area contributed by atoms with E-state index in [0.717, 1.165) is 16.8 Å². The van der Waals surface area contributed by atoms with Gasteiger partial charge in [-0.15, -0.1) is 0 Å². The summed E-state index contributed by atoms with van der Waals surface area (Å²) < 4.78 is 47.5. The number of ether oxygens (including phenoxy) is 1. The zero-order valence-corrected chi connectivity index (χ0v) is 17.5. The number of halogens is 3. The summed E-state index contributed by atoms with van der Waals surface area (Å²) in [4.78, 5) is 37.5. The smallest absolute Gasteiger partial charge is 0.410 e. The number of aromatic nitrogens is 1. The van der Waals surface area contributed by atoms with Crippen LogP contribution in [0.1, 0.15) is 50.4 Å². The maximum absolute atomic E-state index is 14.8. The first-order chi connectivity index (χ1) is 14.3. The van der Waals surface area contributed by atoms with E-state index in [1.165, 1.54) is 4.90 Å². The average Bonchev–Trinajstić information content (AvgIpc) is 3.43. The molecular weight excluding hydrogens is 419 g/mol. The van der Waals surface area contributed by atoms with E-state index < -0.39 is 53.0 Å². The Morgan fingerprint density at radius 2 is 1.97 bits per heavy atom. The lowest BCUT2D eigenvalue weighted by Crippen LogP contribution is -2.51. The lowest BCUT2D eigenvalue weighted by molar-refractivity contribution is 0.0125. The molecule has 0 bridgehead atoms. The molecule has 2 fully saturated rings. The Kier molecular flexibility index (Phi) is 5.98. The third kappa shape index (κ3) is 4.80. The fourth-order valence-electron chi connectivity index (χ4n) is 3.62. The molecule has 1 aromatic rings. The standard InChI is InChI=1S/C20H26F3N3O5/c1-19(2,3)31-18(30)25-7-4-13(12(21)10-25)24-14-8-15(27)26(9-11(14)16(28)29)20(5-6-20)17(22)23/h8-9,12-13,17,24H,4-7,10H2,1-3H3,(H,28,29)/t12-,13+/m0/s1. The molecule has 2 atom stereocenters. The Morgan fingerprint density at radius 3 is 2.45 bits per heavy atom. The molecule has 0 aromatic carbocycles. The van der Waals surface area contributed by atoms with Crippen LogP contribution in [-0.4, -0.2) is 64.0 Å². The molecule has 0 radical (unpaired) electrons. The van der Waals surface area contributed by atoms with Crippen molar-refractivity contribution in [1.29, 1.82) is 0 Å². The Labute approximate surface area is 177 Å². The van der Waals surface area contributed by atoms with Crippen LogP contribution in [0, 0.1) is 0 Å². The van der Waals surface area contributed by atoms with Crippen molar-refractivity contribution >= 4 is 17.7 Å². The molecule has 2 N–H and O–H groups in total. The molecule has 3 rings (SSSR count). The highest BCUT2D eigenvalue weighted by atomic mass is 19.3. The van der Waals surface area contributed by atoms with Crippen LogP contribution in [0.15, 0.2) is 17.1 Å². The molecule has 31 heavy (non-hydrogen) atoms. The van der Waals surface area contributed by atoms with Crippen molar-refractivity contribution in [3.8, 4) is 0 Å². The Hall–Kier alpha value is -2.72. The van der Waals surface area contributed by atoms with Gasteiger partial charge in [0, 0.05) is 18.8 Å². The average molecular weight is 445 g/mol. The number of piperidine rings is 1. The van der Waals surface area contributed by atoms with Crippen LogP contribution in [-0.2, 0) is 10.3 Å². The van der Waals surface area contributed by atoms with Crippen molar-refractivity contribution in [2.45, 2.75) is 69.8 Å². The largest absolute Gasteiger partial charge is 0.478 e. The zero-order chi connectivity index (χ0) is 23.1. The van der Waals surface area contributed by atoms with Crippen LogP contribution in [0.2, 0.25) is 0 Å². The number of hydrogen-bond donors (Lipinski definition) is 2. The van der Waals surface area contributed by atoms with Crippen LogP contribution in [0.4, 0.5) is 23.7 Å². The summed E-state index contributed by atoms with van der Waals surface area (Å²) in [5.74, 6) is -1.43. The first-order valence-corrected chi connectivity index (χ1v) is 10.0. The fourth-order valence-corrected chi connectivity index (χ4v) is 3.62. The van der Waals surface area contributed by atoms with Gasteiger partial charge in [0.05, 0.1) is 23.8 Å². The molecule has 1 aliphatic heterocycles. The van der Waals surface area contributed by atoms with Gasteiger partial charge in [-0.3, -0.25) is 4.79 Å². The molecule has 11 heteroatoms. The maximum atomic E-state index is 14.8. The number of amides is 1. The molecule has 1 saturated carbocycles. The van der Waals surface area contributed by atoms with E-state index in [2.05, 4.69) is 5.32 Å². The van der Waals surface area contributed by atoms with Gasteiger partial charge in [-0.1, -0.05) is 0 Å². The van der Waals surface area contributed by atoms with Gasteiger partial charge in [0.1, 0.15) is 17.3 Å². The molecule has 2 heterocycles. The molecule has 0 unspecified atom stereocenters. The Bertz CT molecular complexity index is 924. The number of nitrogens with one attached hydrogen (secondary N) is 1. The SMILES string of the molecule is CC(C)(C)OC(=O)N1CC[C@@H](Nc2cc(=O)n(C3(C(F)F)CC3)cc2C(=O)O)[C@@H](F)C1. The van der Waals surface area contributed by atoms with Gasteiger partial charge in [0.15, 0.2) is 0 Å². The second-order valence-electron chi connectivity index (χ2n) is 9.00. The van der Waals surface area contributed by atoms with E-state index in [1.807, 2.05) is 0 Å². The number of rotatable bonds is 5. The van der Waals surface area contributed by atoms with Crippen molar-refractivity contribution in [2.24, 2.45) is 0 Å². The molecule has 8 nitrogen and oxygen atoms in total. The molecule has 172 valence electrons. The van der Waals surface area contributed by atoms with Crippen LogP contribution in [0.25, 0.3) is 0 Å². The van der Waals surface area contributed by atoms with E-state index in [1.54, 1.807) is 20.8 Å². The lowest BCUT2D eigenvalue weighted by atomic mass is 10.0. The van der Waals surface area contributed by atoms with E-state index in [9.17, 15) is 32.7 Å². The predicted molar refractivity (Wildman–Crippen MR) is 106 cm³/mol. The van der Waals surface area contributed by atoms with Crippen molar-refractivity contribution in [1.82, 2.24) is 9.47 Å². The number of carbonyl (C=O) groups is 2. The van der Waals surface area contributed by atoms with E-state index in [0.29, 0.717) is 0 Å². The Morgan fingerprint density at radius 1 is 1.32 bits per heavy atom. The number of nitrogens with zero attached hydrogens (tertiary/aromatic N) is 2. The highest BCUT2D eigenvalue weighted by Gasteiger charge is 2.53. The van der Waals surface area contributed by atoms with Crippen LogP contribution >= 0.6 is 0 Å². The van der Waals surface area contributed by atoms with Gasteiger partial charge >= 0.3 is 12.1 Å². The summed E-state index contributed by atoms with van der Waals surface area (Å²) in [5.41, 5.74) is -3.73. The first kappa shape index (κ1) is 23.0. The lowest BCUT2D eigenvalue weighted by Gasteiger charge is -2.36. The number of anilines is 1. The summed E-state index contributed by atoms with van der Waals surface area (Å²) in [6.45, 7) is 4.99. The number of hydrogen-bond acceptors (Lipinski definition) is 5. The molecular formula is C20H26F3N3O5. The second-order valence-corrected chi connectivity index (χ2v) is 9.00. The number of likely N-dealkylation sites (tertiary alicyclic amines) is 1. The minimum atomic E-state index is -2.81. The molecule has 0 spiro atoms. The second kappa shape index (κ2) is 8.08. The zero-order valence-electron chi connectivity index (χ0n) is 17.5. The highest BCUT2D eigenvalue weighted by molar-refractivity contribution is 5.93. The van der Waals surface area contributed by atoms with Gasteiger partial charge < -0.3 is 24.6 Å². The van der Waals surface area contributed by atoms with E-state index >= 15 is 0 Å². The predicted octanol–water partition coefficient (Wildman–Crippen LogP) is 3.06. The van der Waals surface area contributed by atoms with Crippen molar-refractivity contribution in [3.05, 3.63) is 28.2 Å². The van der Waals surface area contributed by atoms with Crippen LogP contribution in [0.5, 0.6) is 0 Å². The first-order valence-electron chi connectivity index (χ1n) is 10.0. The maximum Gasteiger partial charge on any atom is 0.410 e. The van der Waals surface area contributed by atoms with Gasteiger partial charge in [0.2, 0.25) is 0 Å². The Balaban J connectivity index is 1.77. The van der Waals surface area contributed by atoms with Crippen molar-refractivity contribution < 1.29 is 32.6 Å². The number of carboxylic acid groups (broad SMARTS) is 1. The normalized spacial score (nSPS) is 22.9. The molecule has 1 saturated heterocycles. The van der Waals surface area contributed by atoms with E-state index in [4.69, 9.17) is 4.74 Å². The van der Waals surface area contributed by atoms with Crippen molar-refractivity contribution in [3.63, 3.8) is 0 Å². The van der Waals surface area contributed by atoms with Gasteiger partial charge in [-0.2, -0.15) is 0 Å². The number of carbonyl (C=O) groups excluding carboxylic acids is 1. The third-order valence-corrected chi connectivity index (χ3v) is 5.47. The minimum absolute atomic E-state index is 0.0755. The van der Waals surface area contributed by atoms with E-state index in [-0.39, 0.29) is 38.0 Å². The molecule has 2 aliphatic rings. The fraction of sp³-hybridized carbons (Fsp3) is 0.650. The minimum Gasteiger partial charge on any atom is -0.478 e. The summed E-state index contributed by atoms with van der Waals surface area (Å²) in [6.07, 6.45) is -3.82. The quantitative estimate of drug-likeness (QED) is 0.723. The molecule has 1 aromatic heterocycles. The van der Waals surface area contributed by atoms with Gasteiger partial charge in [-0.05, 0) is 40.0 Å². The van der Waals surface area contributed by atoms with Crippen molar-refractivity contribution in [2.75, 3.05) is 18.4 Å². The topological polar surface area (TPSA) is 101 Å². The van der Waals surface area contributed by atoms with Crippen LogP contribution in [0.3, 0.4) is 0 Å². The molecule has 1 aliphatic carbocycles. The monoisotopic (exact) mass is 445 g/mol. The summed E-state index contributed by atoms with van der Waals surface area (Å²) in [5, 5.41) is 12.2. The highest BCUT2D eigenvalue weighted by Crippen LogP contribution is 2.47. The van der Waals surface area contributed by atoms with Gasteiger partial charge in [-0.25, -0.2) is 22.8 Å².